The molecule has 37 heavy (non-hydrogen) atoms. The number of anilines is 2. The lowest BCUT2D eigenvalue weighted by molar-refractivity contribution is -0.118. The second-order valence-corrected chi connectivity index (χ2v) is 11.1. The van der Waals surface area contributed by atoms with Gasteiger partial charge in [-0.3, -0.25) is 14.5 Å². The maximum absolute atomic E-state index is 13.1. The molecule has 1 fully saturated rings. The van der Waals surface area contributed by atoms with E-state index in [4.69, 9.17) is 33.3 Å². The van der Waals surface area contributed by atoms with Crippen LogP contribution in [0.5, 0.6) is 11.5 Å². The normalized spacial score (nSPS) is 14.3. The van der Waals surface area contributed by atoms with E-state index >= 15 is 0 Å². The molecule has 0 atom stereocenters. The van der Waals surface area contributed by atoms with Gasteiger partial charge in [-0.2, -0.15) is 0 Å². The molecule has 0 radical (unpaired) electrons. The van der Waals surface area contributed by atoms with Gasteiger partial charge in [0.05, 0.1) is 22.7 Å². The molecule has 10 heteroatoms. The van der Waals surface area contributed by atoms with E-state index < -0.39 is 0 Å². The zero-order chi connectivity index (χ0) is 26.7. The topological polar surface area (TPSA) is 67.9 Å². The van der Waals surface area contributed by atoms with Gasteiger partial charge in [0, 0.05) is 10.2 Å². The Labute approximate surface area is 238 Å². The highest BCUT2D eigenvalue weighted by Crippen LogP contribution is 2.37. The minimum atomic E-state index is -0.348. The van der Waals surface area contributed by atoms with Gasteiger partial charge in [-0.05, 0) is 95.0 Å². The van der Waals surface area contributed by atoms with Crippen molar-refractivity contribution in [3.63, 3.8) is 0 Å². The monoisotopic (exact) mass is 616 g/mol. The number of thioether (sulfide) groups is 1. The number of carbonyl (C=O) groups excluding carboxylic acids is 2. The number of rotatable bonds is 7. The quantitative estimate of drug-likeness (QED) is 0.224. The van der Waals surface area contributed by atoms with Crippen LogP contribution in [0.15, 0.2) is 64.0 Å². The predicted molar refractivity (Wildman–Crippen MR) is 158 cm³/mol. The lowest BCUT2D eigenvalue weighted by Crippen LogP contribution is -2.27. The fraction of sp³-hybridized carbons (Fsp3) is 0.148. The average Bonchev–Trinajstić information content (AvgIpc) is 3.14. The van der Waals surface area contributed by atoms with Gasteiger partial charge in [-0.15, -0.1) is 0 Å². The molecule has 1 N–H and O–H groups in total. The lowest BCUT2D eigenvalue weighted by atomic mass is 10.1. The summed E-state index contributed by atoms with van der Waals surface area (Å²) >= 11 is 16.1. The van der Waals surface area contributed by atoms with Crippen molar-refractivity contribution in [2.45, 2.75) is 13.8 Å². The summed E-state index contributed by atoms with van der Waals surface area (Å²) in [6.07, 6.45) is 1.76. The Morgan fingerprint density at radius 2 is 1.89 bits per heavy atom. The van der Waals surface area contributed by atoms with E-state index in [1.807, 2.05) is 32.0 Å². The molecule has 2 amide bonds. The molecule has 1 aliphatic heterocycles. The van der Waals surface area contributed by atoms with E-state index in [0.29, 0.717) is 31.4 Å². The molecule has 0 aliphatic carbocycles. The van der Waals surface area contributed by atoms with Crippen LogP contribution < -0.4 is 19.7 Å². The summed E-state index contributed by atoms with van der Waals surface area (Å²) in [6.45, 7) is 3.80. The number of aryl methyl sites for hydroxylation is 2. The summed E-state index contributed by atoms with van der Waals surface area (Å²) in [5.41, 5.74) is 4.28. The van der Waals surface area contributed by atoms with E-state index in [2.05, 4.69) is 21.2 Å². The number of methoxy groups -OCH3 is 1. The van der Waals surface area contributed by atoms with Gasteiger partial charge < -0.3 is 14.8 Å². The minimum absolute atomic E-state index is 0.178. The summed E-state index contributed by atoms with van der Waals surface area (Å²) < 4.78 is 12.3. The van der Waals surface area contributed by atoms with Crippen LogP contribution in [-0.2, 0) is 9.59 Å². The third-order valence-electron chi connectivity index (χ3n) is 5.59. The largest absolute Gasteiger partial charge is 0.493 e. The molecule has 1 aliphatic rings. The van der Waals surface area contributed by atoms with Gasteiger partial charge in [0.25, 0.3) is 11.8 Å². The molecular formula is C27H22BrClN2O4S2. The highest BCUT2D eigenvalue weighted by Gasteiger charge is 2.33. The van der Waals surface area contributed by atoms with Gasteiger partial charge in [0.15, 0.2) is 22.4 Å². The van der Waals surface area contributed by atoms with Crippen molar-refractivity contribution in [3.8, 4) is 11.5 Å². The van der Waals surface area contributed by atoms with Crippen LogP contribution in [-0.4, -0.2) is 29.9 Å². The Morgan fingerprint density at radius 3 is 2.59 bits per heavy atom. The van der Waals surface area contributed by atoms with E-state index in [1.54, 1.807) is 47.4 Å². The van der Waals surface area contributed by atoms with E-state index in [9.17, 15) is 9.59 Å². The molecule has 1 heterocycles. The standard InChI is InChI=1S/C27H22BrClN2O4S2/c1-15-4-7-19(10-16(15)2)31-26(33)24(37-27(31)36)12-17-5-9-22(23(11-17)34-3)35-14-25(32)30-18-6-8-20(28)21(29)13-18/h4-13H,14H2,1-3H3,(H,30,32)/b24-12+. The van der Waals surface area contributed by atoms with E-state index in [-0.39, 0.29) is 18.4 Å². The summed E-state index contributed by atoms with van der Waals surface area (Å²) in [7, 11) is 1.51. The Morgan fingerprint density at radius 1 is 1.11 bits per heavy atom. The number of benzene rings is 3. The van der Waals surface area contributed by atoms with Gasteiger partial charge in [-0.25, -0.2) is 0 Å². The maximum atomic E-state index is 13.1. The van der Waals surface area contributed by atoms with Crippen LogP contribution in [0.3, 0.4) is 0 Å². The number of halogens is 2. The molecule has 190 valence electrons. The number of ether oxygens (including phenoxy) is 2. The highest BCUT2D eigenvalue weighted by molar-refractivity contribution is 9.10. The highest BCUT2D eigenvalue weighted by atomic mass is 79.9. The molecule has 3 aromatic rings. The van der Waals surface area contributed by atoms with Crippen molar-refractivity contribution in [1.82, 2.24) is 0 Å². The van der Waals surface area contributed by atoms with Crippen molar-refractivity contribution < 1.29 is 19.1 Å². The van der Waals surface area contributed by atoms with Crippen LogP contribution in [0.25, 0.3) is 6.08 Å². The first-order chi connectivity index (χ1) is 17.7. The number of nitrogens with one attached hydrogen (secondary N) is 1. The number of hydrogen-bond donors (Lipinski definition) is 1. The van der Waals surface area contributed by atoms with E-state index in [1.165, 1.54) is 18.9 Å². The summed E-state index contributed by atoms with van der Waals surface area (Å²) in [5, 5.41) is 3.22. The fourth-order valence-electron chi connectivity index (χ4n) is 3.51. The first-order valence-corrected chi connectivity index (χ1v) is 13.5. The van der Waals surface area contributed by atoms with Crippen LogP contribution in [0.2, 0.25) is 5.02 Å². The first kappa shape index (κ1) is 27.2. The zero-order valence-electron chi connectivity index (χ0n) is 20.1. The van der Waals surface area contributed by atoms with Crippen LogP contribution in [0, 0.1) is 13.8 Å². The number of carbonyl (C=O) groups is 2. The SMILES string of the molecule is COc1cc(/C=C2/SC(=S)N(c3ccc(C)c(C)c3)C2=O)ccc1OCC(=O)Nc1ccc(Br)c(Cl)c1. The third-order valence-corrected chi connectivity index (χ3v) is 8.12. The third kappa shape index (κ3) is 6.35. The summed E-state index contributed by atoms with van der Waals surface area (Å²) in [5.74, 6) is 0.297. The first-order valence-electron chi connectivity index (χ1n) is 11.1. The number of thiocarbonyl (C=S) groups is 1. The minimum Gasteiger partial charge on any atom is -0.493 e. The number of hydrogen-bond acceptors (Lipinski definition) is 6. The van der Waals surface area contributed by atoms with Crippen molar-refractivity contribution in [3.05, 3.63) is 85.7 Å². The lowest BCUT2D eigenvalue weighted by Gasteiger charge is -2.16. The predicted octanol–water partition coefficient (Wildman–Crippen LogP) is 7.15. The number of nitrogens with zero attached hydrogens (tertiary/aromatic N) is 1. The molecule has 0 bridgehead atoms. The van der Waals surface area contributed by atoms with Crippen LogP contribution in [0.4, 0.5) is 11.4 Å². The van der Waals surface area contributed by atoms with Gasteiger partial charge in [-0.1, -0.05) is 47.7 Å². The van der Waals surface area contributed by atoms with Crippen LogP contribution in [0.1, 0.15) is 16.7 Å². The summed E-state index contributed by atoms with van der Waals surface area (Å²) in [6, 6.07) is 16.2. The second-order valence-electron chi connectivity index (χ2n) is 8.16. The molecule has 4 rings (SSSR count). The molecule has 6 nitrogen and oxygen atoms in total. The number of amides is 2. The van der Waals surface area contributed by atoms with E-state index in [0.717, 1.165) is 26.9 Å². The molecule has 0 spiro atoms. The molecule has 0 aromatic heterocycles. The van der Waals surface area contributed by atoms with Crippen LogP contribution >= 0.6 is 51.5 Å². The Balaban J connectivity index is 1.45. The van der Waals surface area contributed by atoms with Gasteiger partial charge in [0.2, 0.25) is 0 Å². The second kappa shape index (κ2) is 11.7. The molecule has 0 unspecified atom stereocenters. The fourth-order valence-corrected chi connectivity index (χ4v) is 5.24. The van der Waals surface area contributed by atoms with Crippen molar-refractivity contribution in [2.75, 3.05) is 23.9 Å². The Bertz CT molecular complexity index is 1440. The maximum Gasteiger partial charge on any atom is 0.270 e. The summed E-state index contributed by atoms with van der Waals surface area (Å²) in [4.78, 5) is 27.5. The average molecular weight is 618 g/mol. The van der Waals surface area contributed by atoms with Crippen molar-refractivity contribution in [2.24, 2.45) is 0 Å². The van der Waals surface area contributed by atoms with Gasteiger partial charge >= 0.3 is 0 Å². The van der Waals surface area contributed by atoms with Crippen molar-refractivity contribution in [1.29, 1.82) is 0 Å². The molecular weight excluding hydrogens is 596 g/mol. The van der Waals surface area contributed by atoms with Gasteiger partial charge in [0.1, 0.15) is 0 Å². The molecule has 3 aromatic carbocycles. The Hall–Kier alpha value is -2.85. The van der Waals surface area contributed by atoms with Crippen molar-refractivity contribution >= 4 is 85.1 Å². The zero-order valence-corrected chi connectivity index (χ0v) is 24.1. The molecule has 1 saturated heterocycles. The molecule has 0 saturated carbocycles. The Kier molecular flexibility index (Phi) is 8.59. The smallest absolute Gasteiger partial charge is 0.270 e.